The Bertz CT molecular complexity index is 244. The molecular weight excluding hydrogens is 180 g/mol. The molecule has 0 aromatic heterocycles. The molecule has 3 fully saturated rings. The monoisotopic (exact) mass is 206 g/mol. The zero-order chi connectivity index (χ0) is 10.6. The maximum Gasteiger partial charge on any atom is -0.0352 e. The summed E-state index contributed by atoms with van der Waals surface area (Å²) in [6.07, 6.45) is 7.71. The summed E-state index contributed by atoms with van der Waals surface area (Å²) in [5.74, 6) is 7.61. The van der Waals surface area contributed by atoms with Gasteiger partial charge in [0, 0.05) is 0 Å². The van der Waals surface area contributed by atoms with Gasteiger partial charge in [-0.15, -0.1) is 0 Å². The molecule has 0 N–H and O–H groups in total. The average molecular weight is 206 g/mol. The van der Waals surface area contributed by atoms with Gasteiger partial charge in [0.25, 0.3) is 0 Å². The fraction of sp³-hybridized carbons (Fsp3) is 1.00. The highest BCUT2D eigenvalue weighted by molar-refractivity contribution is 5.01. The van der Waals surface area contributed by atoms with E-state index in [-0.39, 0.29) is 0 Å². The Morgan fingerprint density at radius 1 is 0.867 bits per heavy atom. The van der Waals surface area contributed by atoms with Crippen molar-refractivity contribution in [2.24, 2.45) is 41.4 Å². The molecule has 0 aromatic rings. The lowest BCUT2D eigenvalue weighted by molar-refractivity contribution is 0.214. The predicted octanol–water partition coefficient (Wildman–Crippen LogP) is 4.35. The minimum atomic E-state index is 1.04. The second-order valence-corrected chi connectivity index (χ2v) is 6.81. The first-order valence-electron chi connectivity index (χ1n) is 7.20. The summed E-state index contributed by atoms with van der Waals surface area (Å²) in [6.45, 7) is 7.51. The Balaban J connectivity index is 1.81. The van der Waals surface area contributed by atoms with Crippen LogP contribution in [0.15, 0.2) is 0 Å². The van der Waals surface area contributed by atoms with Gasteiger partial charge in [-0.25, -0.2) is 0 Å². The van der Waals surface area contributed by atoms with E-state index >= 15 is 0 Å². The SMILES string of the molecule is CCC1CC2CC(C)C3CC3C(C)C1C2. The maximum absolute atomic E-state index is 2.57. The maximum atomic E-state index is 2.57. The molecule has 3 aliphatic carbocycles. The highest BCUT2D eigenvalue weighted by Crippen LogP contribution is 2.60. The predicted molar refractivity (Wildman–Crippen MR) is 64.5 cm³/mol. The Morgan fingerprint density at radius 3 is 2.40 bits per heavy atom. The summed E-state index contributed by atoms with van der Waals surface area (Å²) < 4.78 is 0. The standard InChI is InChI=1S/C15H26/c1-4-12-6-11-5-9(2)13-8-15(13)10(3)14(12)7-11/h9-15H,4-8H2,1-3H3. The van der Waals surface area contributed by atoms with Crippen LogP contribution in [0.4, 0.5) is 0 Å². The normalized spacial score (nSPS) is 58.2. The smallest absolute Gasteiger partial charge is 0.0352 e. The number of hydrogen-bond acceptors (Lipinski definition) is 0. The van der Waals surface area contributed by atoms with Gasteiger partial charge in [0.1, 0.15) is 0 Å². The molecule has 86 valence electrons. The lowest BCUT2D eigenvalue weighted by atomic mass is 9.78. The van der Waals surface area contributed by atoms with Crippen molar-refractivity contribution in [2.75, 3.05) is 0 Å². The van der Waals surface area contributed by atoms with E-state index in [4.69, 9.17) is 0 Å². The van der Waals surface area contributed by atoms with Crippen molar-refractivity contribution in [1.82, 2.24) is 0 Å². The van der Waals surface area contributed by atoms with Gasteiger partial charge < -0.3 is 0 Å². The van der Waals surface area contributed by atoms with Gasteiger partial charge in [0.05, 0.1) is 0 Å². The molecule has 0 aliphatic heterocycles. The molecule has 0 heterocycles. The van der Waals surface area contributed by atoms with E-state index in [9.17, 15) is 0 Å². The summed E-state index contributed by atoms with van der Waals surface area (Å²) in [5, 5.41) is 0. The first-order valence-corrected chi connectivity index (χ1v) is 7.20. The van der Waals surface area contributed by atoms with Crippen molar-refractivity contribution in [3.05, 3.63) is 0 Å². The third-order valence-electron chi connectivity index (χ3n) is 6.05. The van der Waals surface area contributed by atoms with Gasteiger partial charge in [-0.2, -0.15) is 0 Å². The van der Waals surface area contributed by atoms with E-state index in [1.54, 1.807) is 25.7 Å². The molecule has 0 radical (unpaired) electrons. The molecular formula is C15H26. The first-order chi connectivity index (χ1) is 7.20. The molecule has 3 rings (SSSR count). The van der Waals surface area contributed by atoms with Crippen LogP contribution in [0.5, 0.6) is 0 Å². The topological polar surface area (TPSA) is 0 Å². The van der Waals surface area contributed by atoms with Gasteiger partial charge in [-0.1, -0.05) is 27.2 Å². The van der Waals surface area contributed by atoms with Crippen molar-refractivity contribution in [2.45, 2.75) is 52.9 Å². The summed E-state index contributed by atoms with van der Waals surface area (Å²) in [6, 6.07) is 0. The van der Waals surface area contributed by atoms with Crippen LogP contribution in [-0.2, 0) is 0 Å². The van der Waals surface area contributed by atoms with Crippen LogP contribution >= 0.6 is 0 Å². The molecule has 0 spiro atoms. The van der Waals surface area contributed by atoms with Gasteiger partial charge in [0.2, 0.25) is 0 Å². The highest BCUT2D eigenvalue weighted by Gasteiger charge is 2.51. The van der Waals surface area contributed by atoms with Crippen LogP contribution in [0, 0.1) is 41.4 Å². The van der Waals surface area contributed by atoms with E-state index in [1.807, 2.05) is 0 Å². The Kier molecular flexibility index (Phi) is 2.37. The van der Waals surface area contributed by atoms with E-state index in [0.717, 1.165) is 41.4 Å². The molecule has 0 saturated heterocycles. The number of hydrogen-bond donors (Lipinski definition) is 0. The van der Waals surface area contributed by atoms with Gasteiger partial charge >= 0.3 is 0 Å². The minimum Gasteiger partial charge on any atom is -0.0651 e. The van der Waals surface area contributed by atoms with Crippen LogP contribution in [0.2, 0.25) is 0 Å². The fourth-order valence-electron chi connectivity index (χ4n) is 5.09. The van der Waals surface area contributed by atoms with Gasteiger partial charge in [0.15, 0.2) is 0 Å². The van der Waals surface area contributed by atoms with Crippen LogP contribution in [0.25, 0.3) is 0 Å². The van der Waals surface area contributed by atoms with Crippen molar-refractivity contribution in [1.29, 1.82) is 0 Å². The van der Waals surface area contributed by atoms with E-state index < -0.39 is 0 Å². The van der Waals surface area contributed by atoms with Crippen LogP contribution < -0.4 is 0 Å². The number of fused-ring (bicyclic) bond motifs is 3. The lowest BCUT2D eigenvalue weighted by Crippen LogP contribution is -2.20. The van der Waals surface area contributed by atoms with E-state index in [0.29, 0.717) is 0 Å². The molecule has 15 heavy (non-hydrogen) atoms. The molecule has 3 saturated carbocycles. The zero-order valence-corrected chi connectivity index (χ0v) is 10.6. The molecule has 7 atom stereocenters. The Labute approximate surface area is 94.8 Å². The molecule has 3 aliphatic rings. The van der Waals surface area contributed by atoms with E-state index in [2.05, 4.69) is 20.8 Å². The molecule has 7 unspecified atom stereocenters. The summed E-state index contributed by atoms with van der Waals surface area (Å²) in [7, 11) is 0. The summed E-state index contributed by atoms with van der Waals surface area (Å²) in [5.41, 5.74) is 0. The zero-order valence-electron chi connectivity index (χ0n) is 10.6. The third kappa shape index (κ3) is 1.56. The molecule has 2 bridgehead atoms. The van der Waals surface area contributed by atoms with E-state index in [1.165, 1.54) is 6.42 Å². The molecule has 0 amide bonds. The second kappa shape index (κ2) is 3.50. The van der Waals surface area contributed by atoms with Crippen LogP contribution in [-0.4, -0.2) is 0 Å². The Hall–Kier alpha value is 0. The average Bonchev–Trinajstić information content (AvgIpc) is 2.91. The van der Waals surface area contributed by atoms with Crippen molar-refractivity contribution in [3.63, 3.8) is 0 Å². The molecule has 0 heteroatoms. The summed E-state index contributed by atoms with van der Waals surface area (Å²) >= 11 is 0. The first kappa shape index (κ1) is 10.2. The summed E-state index contributed by atoms with van der Waals surface area (Å²) in [4.78, 5) is 0. The fourth-order valence-corrected chi connectivity index (χ4v) is 5.09. The third-order valence-corrected chi connectivity index (χ3v) is 6.05. The van der Waals surface area contributed by atoms with Gasteiger partial charge in [-0.3, -0.25) is 0 Å². The van der Waals surface area contributed by atoms with Crippen molar-refractivity contribution >= 4 is 0 Å². The quantitative estimate of drug-likeness (QED) is 0.598. The lowest BCUT2D eigenvalue weighted by Gasteiger charge is -2.27. The highest BCUT2D eigenvalue weighted by atomic mass is 14.6. The number of rotatable bonds is 1. The minimum absolute atomic E-state index is 1.04. The van der Waals surface area contributed by atoms with Crippen molar-refractivity contribution < 1.29 is 0 Å². The molecule has 0 nitrogen and oxygen atoms in total. The van der Waals surface area contributed by atoms with Crippen LogP contribution in [0.3, 0.4) is 0 Å². The van der Waals surface area contributed by atoms with Crippen molar-refractivity contribution in [3.8, 4) is 0 Å². The second-order valence-electron chi connectivity index (χ2n) is 6.81. The Morgan fingerprint density at radius 2 is 1.67 bits per heavy atom. The van der Waals surface area contributed by atoms with Crippen LogP contribution in [0.1, 0.15) is 52.9 Å². The largest absolute Gasteiger partial charge is 0.0651 e. The molecule has 0 aromatic carbocycles. The van der Waals surface area contributed by atoms with Gasteiger partial charge in [-0.05, 0) is 67.1 Å².